The van der Waals surface area contributed by atoms with Gasteiger partial charge in [0, 0.05) is 0 Å². The van der Waals surface area contributed by atoms with E-state index in [1.54, 1.807) is 24.3 Å². The molecule has 0 N–H and O–H groups in total. The molecule has 0 saturated heterocycles. The molecule has 5 aliphatic carbocycles. The maximum absolute atomic E-state index is 13.0. The number of ether oxygens (including phenoxy) is 2. The molecule has 4 bridgehead atoms. The number of hydrogen-bond acceptors (Lipinski definition) is 4. The fourth-order valence-electron chi connectivity index (χ4n) is 6.49. The molecule has 0 amide bonds. The minimum atomic E-state index is -0.385. The van der Waals surface area contributed by atoms with Gasteiger partial charge in [0.15, 0.2) is 0 Å². The van der Waals surface area contributed by atoms with Crippen molar-refractivity contribution >= 4 is 11.9 Å². The van der Waals surface area contributed by atoms with Gasteiger partial charge in [-0.2, -0.15) is 0 Å². The van der Waals surface area contributed by atoms with Crippen molar-refractivity contribution in [2.75, 3.05) is 0 Å². The summed E-state index contributed by atoms with van der Waals surface area (Å²) in [6.07, 6.45) is 11.5. The van der Waals surface area contributed by atoms with Crippen LogP contribution in [0.1, 0.15) is 84.9 Å². The van der Waals surface area contributed by atoms with Gasteiger partial charge in [0.1, 0.15) is 12.2 Å². The number of rotatable bonds is 4. The predicted molar refractivity (Wildman–Crippen MR) is 105 cm³/mol. The van der Waals surface area contributed by atoms with Gasteiger partial charge in [0.05, 0.1) is 11.1 Å². The van der Waals surface area contributed by atoms with Gasteiger partial charge >= 0.3 is 11.9 Å². The molecule has 1 aromatic carbocycles. The zero-order chi connectivity index (χ0) is 19.1. The monoisotopic (exact) mass is 382 g/mol. The first-order valence-electron chi connectivity index (χ1n) is 11.2. The van der Waals surface area contributed by atoms with E-state index in [4.69, 9.17) is 9.47 Å². The van der Waals surface area contributed by atoms with Gasteiger partial charge < -0.3 is 9.47 Å². The maximum Gasteiger partial charge on any atom is 0.339 e. The van der Waals surface area contributed by atoms with E-state index in [-0.39, 0.29) is 24.1 Å². The summed E-state index contributed by atoms with van der Waals surface area (Å²) in [6.45, 7) is 0. The highest BCUT2D eigenvalue weighted by atomic mass is 16.6. The summed E-state index contributed by atoms with van der Waals surface area (Å²) in [5.41, 5.74) is 0.707. The lowest BCUT2D eigenvalue weighted by molar-refractivity contribution is -0.101. The van der Waals surface area contributed by atoms with Crippen LogP contribution in [0.3, 0.4) is 0 Å². The molecule has 150 valence electrons. The molecule has 4 nitrogen and oxygen atoms in total. The number of esters is 2. The molecule has 6 rings (SSSR count). The molecule has 5 saturated carbocycles. The third-order valence-corrected chi connectivity index (χ3v) is 7.58. The first-order valence-corrected chi connectivity index (χ1v) is 11.2. The molecular weight excluding hydrogens is 352 g/mol. The zero-order valence-electron chi connectivity index (χ0n) is 16.5. The summed E-state index contributed by atoms with van der Waals surface area (Å²) in [6, 6.07) is 6.98. The van der Waals surface area contributed by atoms with Gasteiger partial charge in [0.2, 0.25) is 0 Å². The molecule has 0 atom stereocenters. The highest BCUT2D eigenvalue weighted by molar-refractivity contribution is 6.03. The summed E-state index contributed by atoms with van der Waals surface area (Å²) >= 11 is 0. The minimum Gasteiger partial charge on any atom is -0.459 e. The van der Waals surface area contributed by atoms with E-state index in [1.807, 2.05) is 0 Å². The summed E-state index contributed by atoms with van der Waals surface area (Å²) < 4.78 is 11.8. The third kappa shape index (κ3) is 3.46. The van der Waals surface area contributed by atoms with Crippen LogP contribution >= 0.6 is 0 Å². The SMILES string of the molecule is O=C(OC1CCCCC1)c1ccccc1C(=O)OC1C2CC3CC(C2)CC1C3. The number of carbonyl (C=O) groups excluding carboxylic acids is 2. The number of hydrogen-bond donors (Lipinski definition) is 0. The van der Waals surface area contributed by atoms with Crippen LogP contribution in [0.2, 0.25) is 0 Å². The van der Waals surface area contributed by atoms with Crippen molar-refractivity contribution in [3.8, 4) is 0 Å². The van der Waals surface area contributed by atoms with Crippen LogP contribution in [-0.2, 0) is 9.47 Å². The molecule has 0 unspecified atom stereocenters. The van der Waals surface area contributed by atoms with E-state index < -0.39 is 0 Å². The van der Waals surface area contributed by atoms with Crippen LogP contribution in [0, 0.1) is 23.7 Å². The second-order valence-corrected chi connectivity index (χ2v) is 9.51. The molecule has 0 aliphatic heterocycles. The van der Waals surface area contributed by atoms with Crippen LogP contribution in [-0.4, -0.2) is 24.1 Å². The molecule has 0 heterocycles. The van der Waals surface area contributed by atoms with Gasteiger partial charge in [-0.15, -0.1) is 0 Å². The molecule has 1 aromatic rings. The normalized spacial score (nSPS) is 34.2. The highest BCUT2D eigenvalue weighted by Gasteiger charge is 2.50. The van der Waals surface area contributed by atoms with Crippen molar-refractivity contribution in [1.82, 2.24) is 0 Å². The summed E-state index contributed by atoms with van der Waals surface area (Å²) in [7, 11) is 0. The number of benzene rings is 1. The Bertz CT molecular complexity index is 721. The lowest BCUT2D eigenvalue weighted by Gasteiger charge is -2.53. The molecular formula is C24H30O4. The van der Waals surface area contributed by atoms with E-state index in [2.05, 4.69) is 0 Å². The van der Waals surface area contributed by atoms with E-state index >= 15 is 0 Å². The predicted octanol–water partition coefficient (Wildman–Crippen LogP) is 5.16. The molecule has 0 spiro atoms. The number of carbonyl (C=O) groups is 2. The van der Waals surface area contributed by atoms with E-state index in [1.165, 1.54) is 38.5 Å². The molecule has 5 fully saturated rings. The van der Waals surface area contributed by atoms with Crippen molar-refractivity contribution < 1.29 is 19.1 Å². The minimum absolute atomic E-state index is 0.0187. The molecule has 4 heteroatoms. The Balaban J connectivity index is 1.29. The Kier molecular flexibility index (Phi) is 4.90. The molecule has 5 aliphatic rings. The first-order chi connectivity index (χ1) is 13.7. The lowest BCUT2D eigenvalue weighted by atomic mass is 9.55. The van der Waals surface area contributed by atoms with Crippen LogP contribution < -0.4 is 0 Å². The fourth-order valence-corrected chi connectivity index (χ4v) is 6.49. The second kappa shape index (κ2) is 7.53. The Labute approximate surface area is 167 Å². The second-order valence-electron chi connectivity index (χ2n) is 9.51. The quantitative estimate of drug-likeness (QED) is 0.675. The molecule has 0 aromatic heterocycles. The largest absolute Gasteiger partial charge is 0.459 e. The Morgan fingerprint density at radius 3 is 1.82 bits per heavy atom. The average molecular weight is 383 g/mol. The Morgan fingerprint density at radius 1 is 0.714 bits per heavy atom. The van der Waals surface area contributed by atoms with Crippen LogP contribution in [0.25, 0.3) is 0 Å². The zero-order valence-corrected chi connectivity index (χ0v) is 16.5. The summed E-state index contributed by atoms with van der Waals surface area (Å²) in [5, 5.41) is 0. The van der Waals surface area contributed by atoms with Crippen molar-refractivity contribution in [3.05, 3.63) is 35.4 Å². The highest BCUT2D eigenvalue weighted by Crippen LogP contribution is 2.54. The first kappa shape index (κ1) is 18.2. The van der Waals surface area contributed by atoms with Crippen molar-refractivity contribution in [2.45, 2.75) is 76.4 Å². The van der Waals surface area contributed by atoms with Crippen molar-refractivity contribution in [2.24, 2.45) is 23.7 Å². The maximum atomic E-state index is 13.0. The summed E-state index contributed by atoms with van der Waals surface area (Å²) in [5.74, 6) is 1.98. The average Bonchev–Trinajstić information content (AvgIpc) is 2.71. The van der Waals surface area contributed by atoms with Crippen molar-refractivity contribution in [1.29, 1.82) is 0 Å². The van der Waals surface area contributed by atoms with Crippen LogP contribution in [0.5, 0.6) is 0 Å². The van der Waals surface area contributed by atoms with E-state index in [0.29, 0.717) is 23.0 Å². The van der Waals surface area contributed by atoms with E-state index in [0.717, 1.165) is 37.5 Å². The van der Waals surface area contributed by atoms with Gasteiger partial charge in [-0.05, 0) is 93.6 Å². The lowest BCUT2D eigenvalue weighted by Crippen LogP contribution is -2.50. The fraction of sp³-hybridized carbons (Fsp3) is 0.667. The van der Waals surface area contributed by atoms with Gasteiger partial charge in [-0.1, -0.05) is 18.6 Å². The van der Waals surface area contributed by atoms with Crippen LogP contribution in [0.4, 0.5) is 0 Å². The smallest absolute Gasteiger partial charge is 0.339 e. The van der Waals surface area contributed by atoms with Gasteiger partial charge in [-0.3, -0.25) is 0 Å². The topological polar surface area (TPSA) is 52.6 Å². The Morgan fingerprint density at radius 2 is 1.25 bits per heavy atom. The molecule has 28 heavy (non-hydrogen) atoms. The van der Waals surface area contributed by atoms with Crippen molar-refractivity contribution in [3.63, 3.8) is 0 Å². The van der Waals surface area contributed by atoms with Gasteiger partial charge in [0.25, 0.3) is 0 Å². The third-order valence-electron chi connectivity index (χ3n) is 7.58. The van der Waals surface area contributed by atoms with E-state index in [9.17, 15) is 9.59 Å². The van der Waals surface area contributed by atoms with Gasteiger partial charge in [-0.25, -0.2) is 9.59 Å². The summed E-state index contributed by atoms with van der Waals surface area (Å²) in [4.78, 5) is 25.8. The van der Waals surface area contributed by atoms with Crippen LogP contribution in [0.15, 0.2) is 24.3 Å². The standard InChI is InChI=1S/C24H30O4/c25-23(27-19-6-2-1-3-7-19)20-8-4-5-9-21(20)24(26)28-22-17-11-15-10-16(13-17)14-18(22)12-15/h4-5,8-9,15-19,22H,1-3,6-7,10-14H2. The molecule has 0 radical (unpaired) electrons. The Hall–Kier alpha value is -1.84.